The molecule has 16 heavy (non-hydrogen) atoms. The Morgan fingerprint density at radius 3 is 3.06 bits per heavy atom. The molecule has 2 rings (SSSR count). The minimum atomic E-state index is 0.789. The van der Waals surface area contributed by atoms with Crippen LogP contribution < -0.4 is 5.73 Å². The summed E-state index contributed by atoms with van der Waals surface area (Å²) in [6.07, 6.45) is 6.44. The number of benzene rings is 1. The Balaban J connectivity index is 2.20. The predicted molar refractivity (Wildman–Crippen MR) is 66.1 cm³/mol. The molecule has 0 aliphatic rings. The van der Waals surface area contributed by atoms with Crippen LogP contribution in [0.5, 0.6) is 0 Å². The molecule has 3 heteroatoms. The summed E-state index contributed by atoms with van der Waals surface area (Å²) >= 11 is 0. The second-order valence-electron chi connectivity index (χ2n) is 3.71. The molecule has 0 amide bonds. The molecule has 0 spiro atoms. The summed E-state index contributed by atoms with van der Waals surface area (Å²) in [5, 5.41) is 0. The molecule has 1 heterocycles. The van der Waals surface area contributed by atoms with Crippen LogP contribution in [-0.4, -0.2) is 9.55 Å². The number of allylic oxidation sites excluding steroid dienone is 1. The highest BCUT2D eigenvalue weighted by molar-refractivity contribution is 5.41. The van der Waals surface area contributed by atoms with Gasteiger partial charge in [-0.1, -0.05) is 18.2 Å². The number of hydrogen-bond acceptors (Lipinski definition) is 2. The van der Waals surface area contributed by atoms with Crippen molar-refractivity contribution in [2.45, 2.75) is 13.0 Å². The highest BCUT2D eigenvalue weighted by Gasteiger charge is 2.02. The fourth-order valence-corrected chi connectivity index (χ4v) is 1.70. The zero-order valence-corrected chi connectivity index (χ0v) is 9.13. The van der Waals surface area contributed by atoms with Crippen molar-refractivity contribution in [1.82, 2.24) is 9.55 Å². The normalized spacial score (nSPS) is 10.2. The Morgan fingerprint density at radius 1 is 1.44 bits per heavy atom. The van der Waals surface area contributed by atoms with Crippen LogP contribution in [0.1, 0.15) is 11.4 Å². The van der Waals surface area contributed by atoms with Gasteiger partial charge in [-0.3, -0.25) is 0 Å². The zero-order valence-electron chi connectivity index (χ0n) is 9.13. The third-order valence-electron chi connectivity index (χ3n) is 2.44. The topological polar surface area (TPSA) is 43.8 Å². The summed E-state index contributed by atoms with van der Waals surface area (Å²) in [5.74, 6) is 1.03. The molecular weight excluding hydrogens is 198 g/mol. The van der Waals surface area contributed by atoms with Gasteiger partial charge in [0.2, 0.25) is 0 Å². The molecule has 82 valence electrons. The van der Waals surface area contributed by atoms with Crippen molar-refractivity contribution in [2.75, 3.05) is 5.73 Å². The first kappa shape index (κ1) is 10.5. The van der Waals surface area contributed by atoms with Crippen molar-refractivity contribution in [1.29, 1.82) is 0 Å². The number of hydrogen-bond donors (Lipinski definition) is 1. The lowest BCUT2D eigenvalue weighted by Crippen LogP contribution is -2.02. The summed E-state index contributed by atoms with van der Waals surface area (Å²) in [6.45, 7) is 4.52. The first-order valence-electron chi connectivity index (χ1n) is 5.25. The highest BCUT2D eigenvalue weighted by atomic mass is 15.0. The van der Waals surface area contributed by atoms with E-state index in [1.165, 1.54) is 5.56 Å². The second-order valence-corrected chi connectivity index (χ2v) is 3.71. The van der Waals surface area contributed by atoms with Gasteiger partial charge < -0.3 is 10.3 Å². The lowest BCUT2D eigenvalue weighted by atomic mass is 10.1. The van der Waals surface area contributed by atoms with Crippen LogP contribution >= 0.6 is 0 Å². The predicted octanol–water partition coefficient (Wildman–Crippen LogP) is 2.24. The number of aromatic nitrogens is 2. The van der Waals surface area contributed by atoms with Crippen molar-refractivity contribution in [3.63, 3.8) is 0 Å². The van der Waals surface area contributed by atoms with E-state index in [1.807, 2.05) is 36.7 Å². The van der Waals surface area contributed by atoms with E-state index in [2.05, 4.69) is 22.2 Å². The molecule has 0 aliphatic carbocycles. The Hall–Kier alpha value is -2.03. The highest BCUT2D eigenvalue weighted by Crippen LogP contribution is 2.11. The van der Waals surface area contributed by atoms with Crippen LogP contribution in [0.2, 0.25) is 0 Å². The van der Waals surface area contributed by atoms with Crippen LogP contribution in [0.4, 0.5) is 5.69 Å². The third kappa shape index (κ3) is 2.31. The van der Waals surface area contributed by atoms with E-state index >= 15 is 0 Å². The maximum absolute atomic E-state index is 5.74. The molecule has 0 radical (unpaired) electrons. The van der Waals surface area contributed by atoms with E-state index in [9.17, 15) is 0 Å². The maximum Gasteiger partial charge on any atom is 0.113 e. The van der Waals surface area contributed by atoms with Crippen molar-refractivity contribution in [3.05, 3.63) is 60.7 Å². The standard InChI is InChI=1S/C13H15N3/c1-2-7-16-8-6-15-13(16)10-11-4-3-5-12(14)9-11/h2-6,8-9H,1,7,10,14H2. The number of rotatable bonds is 4. The number of nitrogen functional groups attached to an aromatic ring is 1. The number of nitrogens with zero attached hydrogens (tertiary/aromatic N) is 2. The first-order chi connectivity index (χ1) is 7.79. The first-order valence-corrected chi connectivity index (χ1v) is 5.25. The van der Waals surface area contributed by atoms with Gasteiger partial charge in [0.25, 0.3) is 0 Å². The second kappa shape index (κ2) is 4.66. The van der Waals surface area contributed by atoms with Crippen LogP contribution in [0.15, 0.2) is 49.3 Å². The number of imidazole rings is 1. The molecule has 0 unspecified atom stereocenters. The van der Waals surface area contributed by atoms with E-state index < -0.39 is 0 Å². The Labute approximate surface area is 95.2 Å². The third-order valence-corrected chi connectivity index (χ3v) is 2.44. The van der Waals surface area contributed by atoms with Gasteiger partial charge in [0.05, 0.1) is 0 Å². The summed E-state index contributed by atoms with van der Waals surface area (Å²) in [5.41, 5.74) is 7.71. The van der Waals surface area contributed by atoms with E-state index in [1.54, 1.807) is 0 Å². The average Bonchev–Trinajstić information content (AvgIpc) is 2.66. The Morgan fingerprint density at radius 2 is 2.31 bits per heavy atom. The molecule has 0 saturated carbocycles. The Bertz CT molecular complexity index is 485. The zero-order chi connectivity index (χ0) is 11.4. The number of anilines is 1. The van der Waals surface area contributed by atoms with E-state index in [0.717, 1.165) is 24.5 Å². The van der Waals surface area contributed by atoms with E-state index in [4.69, 9.17) is 5.73 Å². The molecule has 2 N–H and O–H groups in total. The van der Waals surface area contributed by atoms with Crippen molar-refractivity contribution in [3.8, 4) is 0 Å². The van der Waals surface area contributed by atoms with Gasteiger partial charge in [-0.25, -0.2) is 4.98 Å². The average molecular weight is 213 g/mol. The van der Waals surface area contributed by atoms with E-state index in [0.29, 0.717) is 0 Å². The van der Waals surface area contributed by atoms with Crippen LogP contribution in [0.25, 0.3) is 0 Å². The van der Waals surface area contributed by atoms with E-state index in [-0.39, 0.29) is 0 Å². The maximum atomic E-state index is 5.74. The monoisotopic (exact) mass is 213 g/mol. The van der Waals surface area contributed by atoms with Crippen molar-refractivity contribution in [2.24, 2.45) is 0 Å². The molecule has 0 fully saturated rings. The lowest BCUT2D eigenvalue weighted by Gasteiger charge is -2.05. The Kier molecular flexibility index (Phi) is 3.05. The van der Waals surface area contributed by atoms with Crippen molar-refractivity contribution < 1.29 is 0 Å². The van der Waals surface area contributed by atoms with Gasteiger partial charge in [-0.15, -0.1) is 6.58 Å². The summed E-state index contributed by atoms with van der Waals surface area (Å²) in [7, 11) is 0. The van der Waals surface area contributed by atoms with Gasteiger partial charge in [0.1, 0.15) is 5.82 Å². The molecule has 2 aromatic rings. The lowest BCUT2D eigenvalue weighted by molar-refractivity contribution is 0.758. The van der Waals surface area contributed by atoms with Gasteiger partial charge in [-0.05, 0) is 17.7 Å². The number of nitrogens with two attached hydrogens (primary N) is 1. The molecule has 1 aromatic heterocycles. The fourth-order valence-electron chi connectivity index (χ4n) is 1.70. The van der Waals surface area contributed by atoms with Gasteiger partial charge in [0.15, 0.2) is 0 Å². The largest absolute Gasteiger partial charge is 0.399 e. The summed E-state index contributed by atoms with van der Waals surface area (Å²) in [6, 6.07) is 7.89. The van der Waals surface area contributed by atoms with Crippen LogP contribution in [-0.2, 0) is 13.0 Å². The smallest absolute Gasteiger partial charge is 0.113 e. The minimum absolute atomic E-state index is 0.789. The molecule has 0 bridgehead atoms. The molecular formula is C13H15N3. The SMILES string of the molecule is C=CCn1ccnc1Cc1cccc(N)c1. The van der Waals surface area contributed by atoms with Gasteiger partial charge in [-0.2, -0.15) is 0 Å². The minimum Gasteiger partial charge on any atom is -0.399 e. The molecule has 0 atom stereocenters. The van der Waals surface area contributed by atoms with Crippen LogP contribution in [0.3, 0.4) is 0 Å². The quantitative estimate of drug-likeness (QED) is 0.625. The fraction of sp³-hybridized carbons (Fsp3) is 0.154. The van der Waals surface area contributed by atoms with Gasteiger partial charge >= 0.3 is 0 Å². The summed E-state index contributed by atoms with van der Waals surface area (Å²) < 4.78 is 2.08. The molecule has 1 aromatic carbocycles. The summed E-state index contributed by atoms with van der Waals surface area (Å²) in [4.78, 5) is 4.33. The van der Waals surface area contributed by atoms with Crippen LogP contribution in [0, 0.1) is 0 Å². The van der Waals surface area contributed by atoms with Gasteiger partial charge in [0, 0.05) is 31.0 Å². The molecule has 0 saturated heterocycles. The molecule has 3 nitrogen and oxygen atoms in total. The molecule has 0 aliphatic heterocycles. The van der Waals surface area contributed by atoms with Crippen molar-refractivity contribution >= 4 is 5.69 Å².